The Morgan fingerprint density at radius 2 is 1.78 bits per heavy atom. The Kier molecular flexibility index (Phi) is 12.7. The van der Waals surface area contributed by atoms with Crippen LogP contribution >= 0.6 is 0 Å². The fourth-order valence-corrected chi connectivity index (χ4v) is 3.15. The van der Waals surface area contributed by atoms with Gasteiger partial charge in [-0.1, -0.05) is 27.2 Å². The number of carbonyl (C=O) groups excluding carboxylic acids is 1. The van der Waals surface area contributed by atoms with E-state index < -0.39 is 0 Å². The molecule has 1 heterocycles. The molecular weight excluding hydrogens is 284 g/mol. The smallest absolute Gasteiger partial charge is 0.126 e. The van der Waals surface area contributed by atoms with E-state index in [1.165, 1.54) is 72.1 Å². The van der Waals surface area contributed by atoms with Gasteiger partial charge < -0.3 is 4.79 Å². The predicted octanol–water partition coefficient (Wildman–Crippen LogP) is 4.60. The van der Waals surface area contributed by atoms with Gasteiger partial charge in [0, 0.05) is 25.2 Å². The second kappa shape index (κ2) is 12.9. The highest BCUT2D eigenvalue weighted by Gasteiger charge is 2.28. The number of Topliss-reactive ketones (excluding diaryl/α,β-unsaturated/α-hetero) is 1. The van der Waals surface area contributed by atoms with Crippen molar-refractivity contribution in [2.75, 3.05) is 26.2 Å². The molecule has 0 spiro atoms. The fraction of sp³-hybridized carbons (Fsp3) is 0.950. The molecule has 0 amide bonds. The third-order valence-corrected chi connectivity index (χ3v) is 4.79. The first-order valence-electron chi connectivity index (χ1n) is 9.76. The lowest BCUT2D eigenvalue weighted by Gasteiger charge is -2.30. The number of rotatable bonds is 9. The predicted molar refractivity (Wildman–Crippen MR) is 102 cm³/mol. The second-order valence-corrected chi connectivity index (χ2v) is 7.63. The molecule has 0 radical (unpaired) electrons. The maximum Gasteiger partial charge on any atom is 0.126 e. The van der Waals surface area contributed by atoms with E-state index in [9.17, 15) is 4.79 Å². The maximum atomic E-state index is 9.44. The van der Waals surface area contributed by atoms with Crippen molar-refractivity contribution in [3.8, 4) is 0 Å². The van der Waals surface area contributed by atoms with Crippen LogP contribution in [0.1, 0.15) is 80.6 Å². The van der Waals surface area contributed by atoms with Crippen molar-refractivity contribution in [1.29, 1.82) is 0 Å². The molecule has 138 valence electrons. The molecule has 2 atom stereocenters. The summed E-state index contributed by atoms with van der Waals surface area (Å²) in [4.78, 5) is 14.9. The highest BCUT2D eigenvalue weighted by atomic mass is 16.1. The summed E-state index contributed by atoms with van der Waals surface area (Å²) in [6, 6.07) is 1.54. The Balaban J connectivity index is 0.00000108. The van der Waals surface area contributed by atoms with E-state index in [2.05, 4.69) is 44.4 Å². The van der Waals surface area contributed by atoms with Gasteiger partial charge in [-0.15, -0.1) is 0 Å². The quantitative estimate of drug-likeness (QED) is 0.618. The van der Waals surface area contributed by atoms with Crippen molar-refractivity contribution in [2.45, 2.75) is 92.7 Å². The molecule has 2 unspecified atom stereocenters. The molecule has 3 nitrogen and oxygen atoms in total. The minimum atomic E-state index is 0.167. The van der Waals surface area contributed by atoms with E-state index in [0.29, 0.717) is 6.04 Å². The Hall–Kier alpha value is -0.410. The molecule has 0 aromatic rings. The first-order valence-corrected chi connectivity index (χ1v) is 9.76. The highest BCUT2D eigenvalue weighted by Crippen LogP contribution is 2.19. The van der Waals surface area contributed by atoms with Crippen LogP contribution in [-0.2, 0) is 4.79 Å². The van der Waals surface area contributed by atoms with Gasteiger partial charge in [-0.2, -0.15) is 0 Å². The summed E-state index contributed by atoms with van der Waals surface area (Å²) in [7, 11) is 0. The Bertz CT molecular complexity index is 300. The minimum Gasteiger partial charge on any atom is -0.300 e. The molecule has 0 aromatic carbocycles. The molecule has 0 aromatic heterocycles. The van der Waals surface area contributed by atoms with E-state index in [1.807, 2.05) is 0 Å². The number of likely N-dealkylation sites (tertiary alicyclic amines) is 1. The summed E-state index contributed by atoms with van der Waals surface area (Å²) in [6.45, 7) is 19.9. The fourth-order valence-electron chi connectivity index (χ4n) is 3.15. The lowest BCUT2D eigenvalue weighted by Crippen LogP contribution is -2.40. The average Bonchev–Trinajstić information content (AvgIpc) is 2.95. The van der Waals surface area contributed by atoms with Crippen molar-refractivity contribution < 1.29 is 4.79 Å². The average molecular weight is 327 g/mol. The van der Waals surface area contributed by atoms with Gasteiger partial charge in [-0.3, -0.25) is 9.80 Å². The topological polar surface area (TPSA) is 23.6 Å². The second-order valence-electron chi connectivity index (χ2n) is 7.63. The van der Waals surface area contributed by atoms with Crippen LogP contribution in [0.2, 0.25) is 0 Å². The van der Waals surface area contributed by atoms with Gasteiger partial charge in [0.1, 0.15) is 5.78 Å². The van der Waals surface area contributed by atoms with Crippen LogP contribution in [0.5, 0.6) is 0 Å². The summed E-state index contributed by atoms with van der Waals surface area (Å²) in [5, 5.41) is 0. The molecule has 1 aliphatic rings. The van der Waals surface area contributed by atoms with Crippen LogP contribution in [0.3, 0.4) is 0 Å². The van der Waals surface area contributed by atoms with Crippen LogP contribution < -0.4 is 0 Å². The van der Waals surface area contributed by atoms with Gasteiger partial charge in [-0.05, 0) is 72.4 Å². The molecule has 0 N–H and O–H groups in total. The number of carbonyl (C=O) groups is 1. The zero-order chi connectivity index (χ0) is 17.8. The monoisotopic (exact) mass is 326 g/mol. The van der Waals surface area contributed by atoms with Crippen LogP contribution in [0.4, 0.5) is 0 Å². The Labute approximate surface area is 145 Å². The summed E-state index contributed by atoms with van der Waals surface area (Å²) < 4.78 is 0. The maximum absolute atomic E-state index is 9.44. The van der Waals surface area contributed by atoms with Crippen LogP contribution in [0, 0.1) is 5.92 Å². The van der Waals surface area contributed by atoms with Crippen LogP contribution in [0.15, 0.2) is 0 Å². The van der Waals surface area contributed by atoms with Crippen molar-refractivity contribution in [1.82, 2.24) is 9.80 Å². The molecular formula is C20H42N2O. The minimum absolute atomic E-state index is 0.167. The number of ketones is 1. The molecule has 3 heteroatoms. The Morgan fingerprint density at radius 1 is 1.17 bits per heavy atom. The highest BCUT2D eigenvalue weighted by molar-refractivity contribution is 5.72. The van der Waals surface area contributed by atoms with Gasteiger partial charge in [0.05, 0.1) is 0 Å². The van der Waals surface area contributed by atoms with Crippen molar-refractivity contribution >= 4 is 5.78 Å². The van der Waals surface area contributed by atoms with Gasteiger partial charge in [-0.25, -0.2) is 0 Å². The SMILES string of the molecule is CC(C)=O.CCCN(CCCC(C)CC)C1CCN(C(C)C)C1. The third kappa shape index (κ3) is 10.9. The van der Waals surface area contributed by atoms with E-state index in [4.69, 9.17) is 0 Å². The normalized spacial score (nSPS) is 19.8. The molecule has 1 aliphatic heterocycles. The zero-order valence-corrected chi connectivity index (χ0v) is 16.9. The number of nitrogens with zero attached hydrogens (tertiary/aromatic N) is 2. The van der Waals surface area contributed by atoms with E-state index in [1.54, 1.807) is 0 Å². The zero-order valence-electron chi connectivity index (χ0n) is 16.9. The molecule has 1 saturated heterocycles. The van der Waals surface area contributed by atoms with E-state index >= 15 is 0 Å². The number of hydrogen-bond acceptors (Lipinski definition) is 3. The molecule has 0 aliphatic carbocycles. The summed E-state index contributed by atoms with van der Waals surface area (Å²) in [5.41, 5.74) is 0. The first kappa shape index (κ1) is 22.6. The molecule has 0 saturated carbocycles. The standard InChI is InChI=1S/C17H36N2.C3H6O/c1-6-11-18(12-8-9-16(5)7-2)17-10-13-19(14-17)15(3)4;1-3(2)4/h15-17H,6-14H2,1-5H3;1-2H3. The Morgan fingerprint density at radius 3 is 2.22 bits per heavy atom. The molecule has 0 bridgehead atoms. The van der Waals surface area contributed by atoms with E-state index in [0.717, 1.165) is 12.0 Å². The van der Waals surface area contributed by atoms with E-state index in [-0.39, 0.29) is 5.78 Å². The molecule has 1 fully saturated rings. The largest absolute Gasteiger partial charge is 0.300 e. The summed E-state index contributed by atoms with van der Waals surface area (Å²) in [5.74, 6) is 1.07. The van der Waals surface area contributed by atoms with Crippen LogP contribution in [0.25, 0.3) is 0 Å². The van der Waals surface area contributed by atoms with Gasteiger partial charge in [0.2, 0.25) is 0 Å². The molecule has 23 heavy (non-hydrogen) atoms. The summed E-state index contributed by atoms with van der Waals surface area (Å²) >= 11 is 0. The lowest BCUT2D eigenvalue weighted by atomic mass is 10.0. The van der Waals surface area contributed by atoms with Gasteiger partial charge in [0.25, 0.3) is 0 Å². The first-order chi connectivity index (χ1) is 10.8. The lowest BCUT2D eigenvalue weighted by molar-refractivity contribution is -0.114. The van der Waals surface area contributed by atoms with Crippen LogP contribution in [-0.4, -0.2) is 53.8 Å². The van der Waals surface area contributed by atoms with Crippen molar-refractivity contribution in [2.24, 2.45) is 5.92 Å². The van der Waals surface area contributed by atoms with Gasteiger partial charge >= 0.3 is 0 Å². The molecule has 1 rings (SSSR count). The third-order valence-electron chi connectivity index (χ3n) is 4.79. The summed E-state index contributed by atoms with van der Waals surface area (Å²) in [6.07, 6.45) is 6.78. The van der Waals surface area contributed by atoms with Crippen molar-refractivity contribution in [3.05, 3.63) is 0 Å². The number of hydrogen-bond donors (Lipinski definition) is 0. The van der Waals surface area contributed by atoms with Crippen molar-refractivity contribution in [3.63, 3.8) is 0 Å². The van der Waals surface area contributed by atoms with Gasteiger partial charge in [0.15, 0.2) is 0 Å².